The van der Waals surface area contributed by atoms with Gasteiger partial charge in [-0.2, -0.15) is 5.10 Å². The Hall–Kier alpha value is -2.96. The molecule has 0 radical (unpaired) electrons. The molecule has 1 N–H and O–H groups in total. The normalized spacial score (nSPS) is 10.8. The molecule has 1 amide bonds. The summed E-state index contributed by atoms with van der Waals surface area (Å²) in [5.41, 5.74) is 4.76. The molecule has 0 saturated heterocycles. The minimum atomic E-state index is -0.0884. The van der Waals surface area contributed by atoms with Crippen LogP contribution < -0.4 is 5.32 Å². The van der Waals surface area contributed by atoms with Crippen molar-refractivity contribution in [2.75, 3.05) is 6.54 Å². The van der Waals surface area contributed by atoms with Crippen molar-refractivity contribution in [2.45, 2.75) is 33.9 Å². The number of carbonyl (C=O) groups is 1. The van der Waals surface area contributed by atoms with Gasteiger partial charge in [0, 0.05) is 24.0 Å². The van der Waals surface area contributed by atoms with Gasteiger partial charge in [0.15, 0.2) is 0 Å². The third-order valence-electron chi connectivity index (χ3n) is 3.93. The third-order valence-corrected chi connectivity index (χ3v) is 3.93. The molecule has 7 heteroatoms. The number of carbonyl (C=O) groups excluding carboxylic acids is 1. The van der Waals surface area contributed by atoms with Crippen LogP contribution in [0.1, 0.15) is 33.0 Å². The molecule has 0 aliphatic rings. The van der Waals surface area contributed by atoms with Crippen LogP contribution in [0, 0.1) is 20.8 Å². The standard InChI is InChI=1S/C18H22N6O/c1-13-10-15(3)24(21-13)12-16-4-6-17(7-5-16)18(25)19-8-9-23-11-14(2)20-22-23/h4-7,10-11H,8-9,12H2,1-3H3,(H,19,25). The number of rotatable bonds is 6. The monoisotopic (exact) mass is 338 g/mol. The Balaban J connectivity index is 1.54. The van der Waals surface area contributed by atoms with E-state index in [9.17, 15) is 4.79 Å². The topological polar surface area (TPSA) is 77.6 Å². The van der Waals surface area contributed by atoms with Crippen LogP contribution in [0.4, 0.5) is 0 Å². The van der Waals surface area contributed by atoms with E-state index in [0.29, 0.717) is 25.2 Å². The highest BCUT2D eigenvalue weighted by molar-refractivity contribution is 5.94. The fraction of sp³-hybridized carbons (Fsp3) is 0.333. The maximum Gasteiger partial charge on any atom is 0.251 e. The van der Waals surface area contributed by atoms with E-state index in [2.05, 4.69) is 26.8 Å². The van der Waals surface area contributed by atoms with E-state index in [1.807, 2.05) is 55.9 Å². The van der Waals surface area contributed by atoms with Gasteiger partial charge in [0.2, 0.25) is 0 Å². The summed E-state index contributed by atoms with van der Waals surface area (Å²) in [5.74, 6) is -0.0884. The van der Waals surface area contributed by atoms with Crippen LogP contribution in [0.25, 0.3) is 0 Å². The van der Waals surface area contributed by atoms with Crippen LogP contribution in [0.3, 0.4) is 0 Å². The van der Waals surface area contributed by atoms with Crippen LogP contribution in [0.15, 0.2) is 36.5 Å². The van der Waals surface area contributed by atoms with Crippen molar-refractivity contribution >= 4 is 5.91 Å². The lowest BCUT2D eigenvalue weighted by Gasteiger charge is -2.07. The number of hydrogen-bond donors (Lipinski definition) is 1. The molecule has 0 fully saturated rings. The zero-order valence-corrected chi connectivity index (χ0v) is 14.7. The molecule has 1 aromatic carbocycles. The minimum Gasteiger partial charge on any atom is -0.350 e. The summed E-state index contributed by atoms with van der Waals surface area (Å²) >= 11 is 0. The number of nitrogens with one attached hydrogen (secondary N) is 1. The van der Waals surface area contributed by atoms with E-state index in [0.717, 1.165) is 22.6 Å². The van der Waals surface area contributed by atoms with Crippen LogP contribution in [0.5, 0.6) is 0 Å². The van der Waals surface area contributed by atoms with E-state index >= 15 is 0 Å². The summed E-state index contributed by atoms with van der Waals surface area (Å²) in [6.45, 7) is 7.72. The van der Waals surface area contributed by atoms with Crippen molar-refractivity contribution in [3.63, 3.8) is 0 Å². The molecule has 3 rings (SSSR count). The van der Waals surface area contributed by atoms with Crippen molar-refractivity contribution in [2.24, 2.45) is 0 Å². The summed E-state index contributed by atoms with van der Waals surface area (Å²) < 4.78 is 3.68. The molecule has 2 heterocycles. The predicted octanol–water partition coefficient (Wildman–Crippen LogP) is 1.88. The van der Waals surface area contributed by atoms with Gasteiger partial charge in [-0.05, 0) is 44.5 Å². The van der Waals surface area contributed by atoms with Crippen LogP contribution in [-0.2, 0) is 13.1 Å². The van der Waals surface area contributed by atoms with Gasteiger partial charge in [0.1, 0.15) is 0 Å². The Labute approximate surface area is 146 Å². The molecular formula is C18H22N6O. The van der Waals surface area contributed by atoms with Gasteiger partial charge in [-0.15, -0.1) is 5.10 Å². The molecule has 2 aromatic heterocycles. The number of aromatic nitrogens is 5. The molecule has 130 valence electrons. The number of aryl methyl sites for hydroxylation is 3. The van der Waals surface area contributed by atoms with Crippen LogP contribution >= 0.6 is 0 Å². The van der Waals surface area contributed by atoms with Gasteiger partial charge >= 0.3 is 0 Å². The molecule has 0 aliphatic carbocycles. The van der Waals surface area contributed by atoms with Crippen molar-refractivity contribution in [3.05, 3.63) is 64.7 Å². The van der Waals surface area contributed by atoms with Gasteiger partial charge in [-0.25, -0.2) is 0 Å². The summed E-state index contributed by atoms with van der Waals surface area (Å²) in [4.78, 5) is 12.2. The second-order valence-corrected chi connectivity index (χ2v) is 6.16. The van der Waals surface area contributed by atoms with Gasteiger partial charge in [-0.1, -0.05) is 17.3 Å². The fourth-order valence-corrected chi connectivity index (χ4v) is 2.66. The number of benzene rings is 1. The first-order valence-corrected chi connectivity index (χ1v) is 8.26. The third kappa shape index (κ3) is 4.32. The van der Waals surface area contributed by atoms with Crippen LogP contribution in [-0.4, -0.2) is 37.2 Å². The van der Waals surface area contributed by atoms with E-state index in [4.69, 9.17) is 0 Å². The first-order valence-electron chi connectivity index (χ1n) is 8.26. The molecule has 0 saturated carbocycles. The fourth-order valence-electron chi connectivity index (χ4n) is 2.66. The maximum absolute atomic E-state index is 12.2. The Morgan fingerprint density at radius 3 is 2.48 bits per heavy atom. The van der Waals surface area contributed by atoms with Crippen LogP contribution in [0.2, 0.25) is 0 Å². The van der Waals surface area contributed by atoms with E-state index in [1.165, 1.54) is 0 Å². The predicted molar refractivity (Wildman–Crippen MR) is 94.3 cm³/mol. The first kappa shape index (κ1) is 16.9. The van der Waals surface area contributed by atoms with Gasteiger partial charge in [-0.3, -0.25) is 14.2 Å². The quantitative estimate of drug-likeness (QED) is 0.744. The number of hydrogen-bond acceptors (Lipinski definition) is 4. The second kappa shape index (κ2) is 7.29. The molecule has 7 nitrogen and oxygen atoms in total. The largest absolute Gasteiger partial charge is 0.350 e. The summed E-state index contributed by atoms with van der Waals surface area (Å²) in [7, 11) is 0. The Morgan fingerprint density at radius 2 is 1.88 bits per heavy atom. The van der Waals surface area contributed by atoms with Gasteiger partial charge < -0.3 is 5.32 Å². The van der Waals surface area contributed by atoms with Crippen molar-refractivity contribution in [1.82, 2.24) is 30.1 Å². The maximum atomic E-state index is 12.2. The highest BCUT2D eigenvalue weighted by Gasteiger charge is 2.07. The average Bonchev–Trinajstić information content (AvgIpc) is 3.13. The molecule has 0 aliphatic heterocycles. The second-order valence-electron chi connectivity index (χ2n) is 6.16. The Bertz CT molecular complexity index is 862. The van der Waals surface area contributed by atoms with E-state index in [-0.39, 0.29) is 5.91 Å². The summed E-state index contributed by atoms with van der Waals surface area (Å²) in [6.07, 6.45) is 1.85. The first-order chi connectivity index (χ1) is 12.0. The molecular weight excluding hydrogens is 316 g/mol. The number of amides is 1. The molecule has 25 heavy (non-hydrogen) atoms. The minimum absolute atomic E-state index is 0.0884. The zero-order chi connectivity index (χ0) is 17.8. The number of nitrogens with zero attached hydrogens (tertiary/aromatic N) is 5. The highest BCUT2D eigenvalue weighted by Crippen LogP contribution is 2.09. The lowest BCUT2D eigenvalue weighted by molar-refractivity contribution is 0.0952. The lowest BCUT2D eigenvalue weighted by atomic mass is 10.1. The Kier molecular flexibility index (Phi) is 4.92. The molecule has 0 unspecified atom stereocenters. The van der Waals surface area contributed by atoms with Crippen molar-refractivity contribution < 1.29 is 4.79 Å². The molecule has 3 aromatic rings. The summed E-state index contributed by atoms with van der Waals surface area (Å²) in [5, 5.41) is 15.2. The SMILES string of the molecule is Cc1cn(CCNC(=O)c2ccc(Cn3nc(C)cc3C)cc2)nn1. The van der Waals surface area contributed by atoms with Crippen molar-refractivity contribution in [1.29, 1.82) is 0 Å². The highest BCUT2D eigenvalue weighted by atomic mass is 16.1. The zero-order valence-electron chi connectivity index (χ0n) is 14.7. The van der Waals surface area contributed by atoms with Gasteiger partial charge in [0.25, 0.3) is 5.91 Å². The Morgan fingerprint density at radius 1 is 1.12 bits per heavy atom. The summed E-state index contributed by atoms with van der Waals surface area (Å²) in [6, 6.07) is 9.67. The lowest BCUT2D eigenvalue weighted by Crippen LogP contribution is -2.27. The molecule has 0 atom stereocenters. The molecule has 0 bridgehead atoms. The smallest absolute Gasteiger partial charge is 0.251 e. The average molecular weight is 338 g/mol. The van der Waals surface area contributed by atoms with E-state index in [1.54, 1.807) is 4.68 Å². The van der Waals surface area contributed by atoms with Crippen molar-refractivity contribution in [3.8, 4) is 0 Å². The molecule has 0 spiro atoms. The van der Waals surface area contributed by atoms with Gasteiger partial charge in [0.05, 0.1) is 24.5 Å². The van der Waals surface area contributed by atoms with E-state index < -0.39 is 0 Å².